The number of carbonyl (C=O) groups is 1. The van der Waals surface area contributed by atoms with Gasteiger partial charge in [0.2, 0.25) is 5.89 Å². The predicted molar refractivity (Wildman–Crippen MR) is 102 cm³/mol. The van der Waals surface area contributed by atoms with Crippen molar-refractivity contribution < 1.29 is 23.4 Å². The van der Waals surface area contributed by atoms with Crippen LogP contribution in [0.5, 0.6) is 11.5 Å². The Labute approximate surface area is 163 Å². The van der Waals surface area contributed by atoms with Gasteiger partial charge in [0, 0.05) is 5.56 Å². The predicted octanol–water partition coefficient (Wildman–Crippen LogP) is 4.45. The SMILES string of the molecule is CCOc1ccc(C(=O)O[C@@H](C)c2nnc(-c3ccccc3)o2)cc1OCC. The van der Waals surface area contributed by atoms with Crippen molar-refractivity contribution in [1.82, 2.24) is 10.2 Å². The van der Waals surface area contributed by atoms with Crippen LogP contribution in [0.2, 0.25) is 0 Å². The van der Waals surface area contributed by atoms with E-state index in [1.807, 2.05) is 44.2 Å². The van der Waals surface area contributed by atoms with E-state index in [1.165, 1.54) is 0 Å². The van der Waals surface area contributed by atoms with Gasteiger partial charge in [0.25, 0.3) is 5.89 Å². The number of hydrogen-bond acceptors (Lipinski definition) is 7. The first kappa shape index (κ1) is 19.4. The molecule has 0 radical (unpaired) electrons. The van der Waals surface area contributed by atoms with Crippen LogP contribution in [0.15, 0.2) is 52.9 Å². The Bertz CT molecular complexity index is 924. The molecule has 0 aliphatic rings. The van der Waals surface area contributed by atoms with Gasteiger partial charge in [-0.2, -0.15) is 0 Å². The Morgan fingerprint density at radius 1 is 1.00 bits per heavy atom. The fourth-order valence-corrected chi connectivity index (χ4v) is 2.55. The van der Waals surface area contributed by atoms with E-state index >= 15 is 0 Å². The monoisotopic (exact) mass is 382 g/mol. The van der Waals surface area contributed by atoms with Gasteiger partial charge in [-0.1, -0.05) is 18.2 Å². The average Bonchev–Trinajstić information content (AvgIpc) is 3.21. The molecule has 28 heavy (non-hydrogen) atoms. The molecule has 3 aromatic rings. The molecule has 0 saturated carbocycles. The van der Waals surface area contributed by atoms with Crippen molar-refractivity contribution in [2.75, 3.05) is 13.2 Å². The van der Waals surface area contributed by atoms with Crippen molar-refractivity contribution in [2.24, 2.45) is 0 Å². The first-order valence-corrected chi connectivity index (χ1v) is 9.11. The van der Waals surface area contributed by atoms with Crippen molar-refractivity contribution in [2.45, 2.75) is 26.9 Å². The molecule has 0 aliphatic carbocycles. The summed E-state index contributed by atoms with van der Waals surface area (Å²) in [7, 11) is 0. The van der Waals surface area contributed by atoms with Gasteiger partial charge in [-0.05, 0) is 51.1 Å². The Kier molecular flexibility index (Phi) is 6.26. The second-order valence-corrected chi connectivity index (χ2v) is 5.89. The standard InChI is InChI=1S/C21H22N2O5/c1-4-25-17-12-11-16(13-18(17)26-5-2)21(24)27-14(3)19-22-23-20(28-19)15-9-7-6-8-10-15/h6-14H,4-5H2,1-3H3/t14-/m0/s1. The smallest absolute Gasteiger partial charge is 0.339 e. The zero-order chi connectivity index (χ0) is 19.9. The van der Waals surface area contributed by atoms with Crippen molar-refractivity contribution in [3.8, 4) is 23.0 Å². The highest BCUT2D eigenvalue weighted by molar-refractivity contribution is 5.90. The van der Waals surface area contributed by atoms with Gasteiger partial charge in [-0.25, -0.2) is 4.79 Å². The van der Waals surface area contributed by atoms with Crippen LogP contribution in [0.3, 0.4) is 0 Å². The molecule has 146 valence electrons. The maximum absolute atomic E-state index is 12.5. The lowest BCUT2D eigenvalue weighted by Gasteiger charge is -2.13. The molecular weight excluding hydrogens is 360 g/mol. The van der Waals surface area contributed by atoms with Gasteiger partial charge in [0.05, 0.1) is 18.8 Å². The summed E-state index contributed by atoms with van der Waals surface area (Å²) in [5.41, 5.74) is 1.15. The highest BCUT2D eigenvalue weighted by Gasteiger charge is 2.21. The Hall–Kier alpha value is -3.35. The third-order valence-electron chi connectivity index (χ3n) is 3.87. The minimum Gasteiger partial charge on any atom is -0.490 e. The lowest BCUT2D eigenvalue weighted by molar-refractivity contribution is 0.0279. The normalized spacial score (nSPS) is 11.7. The second-order valence-electron chi connectivity index (χ2n) is 5.89. The molecule has 3 rings (SSSR count). The molecular formula is C21H22N2O5. The van der Waals surface area contributed by atoms with Gasteiger partial charge in [-0.3, -0.25) is 0 Å². The van der Waals surface area contributed by atoms with Crippen LogP contribution in [0.1, 0.15) is 43.1 Å². The van der Waals surface area contributed by atoms with Crippen molar-refractivity contribution in [3.63, 3.8) is 0 Å². The molecule has 0 spiro atoms. The molecule has 0 fully saturated rings. The third-order valence-corrected chi connectivity index (χ3v) is 3.87. The molecule has 0 saturated heterocycles. The summed E-state index contributed by atoms with van der Waals surface area (Å²) in [5.74, 6) is 1.16. The largest absolute Gasteiger partial charge is 0.490 e. The first-order valence-electron chi connectivity index (χ1n) is 9.11. The number of benzene rings is 2. The van der Waals surface area contributed by atoms with E-state index in [1.54, 1.807) is 25.1 Å². The van der Waals surface area contributed by atoms with E-state index in [0.717, 1.165) is 5.56 Å². The summed E-state index contributed by atoms with van der Waals surface area (Å²) >= 11 is 0. The van der Waals surface area contributed by atoms with E-state index < -0.39 is 12.1 Å². The maximum atomic E-state index is 12.5. The average molecular weight is 382 g/mol. The molecule has 1 atom stereocenters. The number of esters is 1. The van der Waals surface area contributed by atoms with Gasteiger partial charge in [-0.15, -0.1) is 10.2 Å². The minimum absolute atomic E-state index is 0.225. The molecule has 7 heteroatoms. The summed E-state index contributed by atoms with van der Waals surface area (Å²) in [4.78, 5) is 12.5. The van der Waals surface area contributed by atoms with Crippen LogP contribution >= 0.6 is 0 Å². The van der Waals surface area contributed by atoms with Crippen LogP contribution in [0.4, 0.5) is 0 Å². The summed E-state index contributed by atoms with van der Waals surface area (Å²) in [6.07, 6.45) is -0.695. The highest BCUT2D eigenvalue weighted by Crippen LogP contribution is 2.30. The Morgan fingerprint density at radius 3 is 2.43 bits per heavy atom. The second kappa shape index (κ2) is 9.03. The fraction of sp³-hybridized carbons (Fsp3) is 0.286. The quantitative estimate of drug-likeness (QED) is 0.532. The highest BCUT2D eigenvalue weighted by atomic mass is 16.6. The molecule has 1 heterocycles. The third kappa shape index (κ3) is 4.49. The molecule has 0 unspecified atom stereocenters. The molecule has 7 nitrogen and oxygen atoms in total. The van der Waals surface area contributed by atoms with Crippen molar-refractivity contribution in [3.05, 3.63) is 60.0 Å². The molecule has 0 aliphatic heterocycles. The zero-order valence-corrected chi connectivity index (χ0v) is 16.0. The van der Waals surface area contributed by atoms with Crippen LogP contribution in [0, 0.1) is 0 Å². The van der Waals surface area contributed by atoms with Crippen LogP contribution in [0.25, 0.3) is 11.5 Å². The number of hydrogen-bond donors (Lipinski definition) is 0. The van der Waals surface area contributed by atoms with Gasteiger partial charge < -0.3 is 18.6 Å². The van der Waals surface area contributed by atoms with Crippen LogP contribution in [-0.4, -0.2) is 29.4 Å². The van der Waals surface area contributed by atoms with E-state index in [4.69, 9.17) is 18.6 Å². The number of ether oxygens (including phenoxy) is 3. The Balaban J connectivity index is 1.72. The number of nitrogens with zero attached hydrogens (tertiary/aromatic N) is 2. The maximum Gasteiger partial charge on any atom is 0.339 e. The molecule has 0 bridgehead atoms. The lowest BCUT2D eigenvalue weighted by Crippen LogP contribution is -2.10. The van der Waals surface area contributed by atoms with Crippen LogP contribution < -0.4 is 9.47 Å². The number of carbonyl (C=O) groups excluding carboxylic acids is 1. The molecule has 0 N–H and O–H groups in total. The van der Waals surface area contributed by atoms with Crippen molar-refractivity contribution in [1.29, 1.82) is 0 Å². The number of aromatic nitrogens is 2. The number of rotatable bonds is 8. The lowest BCUT2D eigenvalue weighted by atomic mass is 10.2. The Morgan fingerprint density at radius 2 is 1.71 bits per heavy atom. The molecule has 2 aromatic carbocycles. The summed E-state index contributed by atoms with van der Waals surface area (Å²) < 4.78 is 22.2. The van der Waals surface area contributed by atoms with Gasteiger partial charge in [0.1, 0.15) is 0 Å². The zero-order valence-electron chi connectivity index (χ0n) is 16.0. The molecule has 1 aromatic heterocycles. The summed E-state index contributed by atoms with van der Waals surface area (Å²) in [6, 6.07) is 14.3. The molecule has 0 amide bonds. The van der Waals surface area contributed by atoms with Gasteiger partial charge >= 0.3 is 5.97 Å². The fourth-order valence-electron chi connectivity index (χ4n) is 2.55. The van der Waals surface area contributed by atoms with E-state index in [9.17, 15) is 4.79 Å². The summed E-state index contributed by atoms with van der Waals surface area (Å²) in [5, 5.41) is 8.00. The summed E-state index contributed by atoms with van der Waals surface area (Å²) in [6.45, 7) is 6.38. The topological polar surface area (TPSA) is 83.7 Å². The van der Waals surface area contributed by atoms with E-state index in [0.29, 0.717) is 36.2 Å². The first-order chi connectivity index (χ1) is 13.6. The van der Waals surface area contributed by atoms with Crippen LogP contribution in [-0.2, 0) is 4.74 Å². The van der Waals surface area contributed by atoms with Crippen molar-refractivity contribution >= 4 is 5.97 Å². The van der Waals surface area contributed by atoms with E-state index in [-0.39, 0.29) is 5.89 Å². The minimum atomic E-state index is -0.695. The van der Waals surface area contributed by atoms with E-state index in [2.05, 4.69) is 10.2 Å². The van der Waals surface area contributed by atoms with Gasteiger partial charge in [0.15, 0.2) is 17.6 Å².